The number of carbonyl (C=O) groups excluding carboxylic acids is 1. The highest BCUT2D eigenvalue weighted by Gasteiger charge is 2.35. The summed E-state index contributed by atoms with van der Waals surface area (Å²) in [5.41, 5.74) is 4.51. The molecule has 1 aliphatic carbocycles. The highest BCUT2D eigenvalue weighted by Crippen LogP contribution is 2.38. The minimum Gasteiger partial charge on any atom is -0.475 e. The van der Waals surface area contributed by atoms with Crippen LogP contribution in [0.4, 0.5) is 0 Å². The lowest BCUT2D eigenvalue weighted by molar-refractivity contribution is 0.0971. The van der Waals surface area contributed by atoms with E-state index in [0.717, 1.165) is 59.5 Å². The summed E-state index contributed by atoms with van der Waals surface area (Å²) in [7, 11) is 0. The molecule has 1 aliphatic rings. The Hall–Kier alpha value is -3.73. The van der Waals surface area contributed by atoms with Crippen molar-refractivity contribution in [2.24, 2.45) is 0 Å². The molecule has 1 atom stereocenters. The molecule has 0 bridgehead atoms. The number of carbonyl (C=O) groups is 1. The predicted molar refractivity (Wildman–Crippen MR) is 127 cm³/mol. The van der Waals surface area contributed by atoms with Gasteiger partial charge in [-0.05, 0) is 73.6 Å². The summed E-state index contributed by atoms with van der Waals surface area (Å²) in [5, 5.41) is 0. The van der Waals surface area contributed by atoms with Crippen molar-refractivity contribution < 1.29 is 9.53 Å². The van der Waals surface area contributed by atoms with E-state index < -0.39 is 5.60 Å². The molecule has 1 N–H and O–H groups in total. The fraction of sp³-hybridized carbons (Fsp3) is 0.250. The van der Waals surface area contributed by atoms with Crippen LogP contribution >= 0.6 is 0 Å². The minimum absolute atomic E-state index is 0.227. The average molecular weight is 438 g/mol. The highest BCUT2D eigenvalue weighted by atomic mass is 16.5. The van der Waals surface area contributed by atoms with Gasteiger partial charge in [0.2, 0.25) is 0 Å². The highest BCUT2D eigenvalue weighted by molar-refractivity contribution is 5.99. The molecule has 2 aromatic heterocycles. The van der Waals surface area contributed by atoms with Gasteiger partial charge in [0.15, 0.2) is 17.2 Å². The number of aryl methyl sites for hydroxylation is 1. The SMILES string of the molecule is C[C@](Oc1ccc2c(c1CCc1ccncc1)CCCC2=O)(c1ccccc1)c1ncc[nH]1. The third kappa shape index (κ3) is 4.19. The van der Waals surface area contributed by atoms with Crippen LogP contribution in [0.2, 0.25) is 0 Å². The van der Waals surface area contributed by atoms with Crippen LogP contribution in [-0.2, 0) is 24.9 Å². The number of H-pyrrole nitrogens is 1. The first kappa shape index (κ1) is 21.1. The summed E-state index contributed by atoms with van der Waals surface area (Å²) in [6, 6.07) is 18.1. The minimum atomic E-state index is -0.802. The van der Waals surface area contributed by atoms with Crippen molar-refractivity contribution in [3.05, 3.63) is 113 Å². The number of hydrogen-bond acceptors (Lipinski definition) is 4. The predicted octanol–water partition coefficient (Wildman–Crippen LogP) is 5.45. The van der Waals surface area contributed by atoms with Crippen LogP contribution in [-0.4, -0.2) is 20.7 Å². The van der Waals surface area contributed by atoms with Crippen molar-refractivity contribution in [2.45, 2.75) is 44.6 Å². The number of imidazole rings is 1. The number of ether oxygens (including phenoxy) is 1. The number of nitrogens with one attached hydrogen (secondary N) is 1. The van der Waals surface area contributed by atoms with Gasteiger partial charge in [-0.15, -0.1) is 0 Å². The van der Waals surface area contributed by atoms with E-state index in [1.165, 1.54) is 5.56 Å². The van der Waals surface area contributed by atoms with Crippen LogP contribution in [0.5, 0.6) is 5.75 Å². The van der Waals surface area contributed by atoms with E-state index in [9.17, 15) is 4.79 Å². The normalized spacial score (nSPS) is 15.0. The van der Waals surface area contributed by atoms with Gasteiger partial charge in [-0.1, -0.05) is 30.3 Å². The number of Topliss-reactive ketones (excluding diaryl/α,β-unsaturated/α-hetero) is 1. The van der Waals surface area contributed by atoms with Gasteiger partial charge < -0.3 is 9.72 Å². The lowest BCUT2D eigenvalue weighted by Crippen LogP contribution is -2.33. The van der Waals surface area contributed by atoms with E-state index in [-0.39, 0.29) is 5.78 Å². The lowest BCUT2D eigenvalue weighted by atomic mass is 9.85. The number of pyridine rings is 1. The topological polar surface area (TPSA) is 67.9 Å². The van der Waals surface area contributed by atoms with Crippen LogP contribution in [0.1, 0.15) is 58.2 Å². The second-order valence-electron chi connectivity index (χ2n) is 8.64. The molecular formula is C28H27N3O2. The summed E-state index contributed by atoms with van der Waals surface area (Å²) in [5.74, 6) is 1.77. The fourth-order valence-electron chi connectivity index (χ4n) is 4.71. The number of nitrogens with zero attached hydrogens (tertiary/aromatic N) is 2. The molecule has 5 nitrogen and oxygen atoms in total. The van der Waals surface area contributed by atoms with E-state index in [1.54, 1.807) is 6.20 Å². The van der Waals surface area contributed by atoms with Gasteiger partial charge in [0.1, 0.15) is 5.75 Å². The Kier molecular flexibility index (Phi) is 5.78. The molecule has 0 saturated heterocycles. The molecular weight excluding hydrogens is 410 g/mol. The van der Waals surface area contributed by atoms with E-state index in [4.69, 9.17) is 4.74 Å². The maximum absolute atomic E-state index is 12.7. The summed E-state index contributed by atoms with van der Waals surface area (Å²) in [4.78, 5) is 24.6. The molecule has 5 heteroatoms. The number of aromatic amines is 1. The smallest absolute Gasteiger partial charge is 0.188 e. The van der Waals surface area contributed by atoms with Crippen molar-refractivity contribution in [1.82, 2.24) is 15.0 Å². The fourth-order valence-corrected chi connectivity index (χ4v) is 4.71. The van der Waals surface area contributed by atoms with Gasteiger partial charge in [0.05, 0.1) is 0 Å². The molecule has 4 aromatic rings. The van der Waals surface area contributed by atoms with Crippen molar-refractivity contribution >= 4 is 5.78 Å². The number of ketones is 1. The Labute approximate surface area is 193 Å². The molecule has 0 radical (unpaired) electrons. The third-order valence-corrected chi connectivity index (χ3v) is 6.52. The first-order valence-electron chi connectivity index (χ1n) is 11.5. The Balaban J connectivity index is 1.58. The van der Waals surface area contributed by atoms with Crippen LogP contribution in [0, 0.1) is 0 Å². The van der Waals surface area contributed by atoms with Gasteiger partial charge in [0.25, 0.3) is 0 Å². The van der Waals surface area contributed by atoms with Crippen LogP contribution < -0.4 is 4.74 Å². The van der Waals surface area contributed by atoms with Gasteiger partial charge in [-0.2, -0.15) is 0 Å². The van der Waals surface area contributed by atoms with Crippen LogP contribution in [0.25, 0.3) is 0 Å². The number of hydrogen-bond donors (Lipinski definition) is 1. The summed E-state index contributed by atoms with van der Waals surface area (Å²) in [6.45, 7) is 2.04. The Morgan fingerprint density at radius 2 is 1.79 bits per heavy atom. The molecule has 2 heterocycles. The van der Waals surface area contributed by atoms with Crippen molar-refractivity contribution in [1.29, 1.82) is 0 Å². The van der Waals surface area contributed by atoms with Crippen LogP contribution in [0.3, 0.4) is 0 Å². The first-order valence-corrected chi connectivity index (χ1v) is 11.5. The number of benzene rings is 2. The molecule has 0 unspecified atom stereocenters. The monoisotopic (exact) mass is 437 g/mol. The largest absolute Gasteiger partial charge is 0.475 e. The molecule has 0 spiro atoms. The first-order chi connectivity index (χ1) is 16.1. The Bertz CT molecular complexity index is 1240. The van der Waals surface area contributed by atoms with E-state index in [2.05, 4.69) is 27.1 Å². The molecule has 33 heavy (non-hydrogen) atoms. The molecule has 2 aromatic carbocycles. The molecule has 0 aliphatic heterocycles. The maximum atomic E-state index is 12.7. The number of aromatic nitrogens is 3. The zero-order valence-electron chi connectivity index (χ0n) is 18.8. The van der Waals surface area contributed by atoms with Gasteiger partial charge in [-0.25, -0.2) is 4.98 Å². The van der Waals surface area contributed by atoms with Gasteiger partial charge in [0, 0.05) is 42.3 Å². The summed E-state index contributed by atoms with van der Waals surface area (Å²) >= 11 is 0. The third-order valence-electron chi connectivity index (χ3n) is 6.52. The van der Waals surface area contributed by atoms with E-state index in [0.29, 0.717) is 6.42 Å². The second kappa shape index (κ2) is 9.02. The summed E-state index contributed by atoms with van der Waals surface area (Å²) < 4.78 is 6.84. The van der Waals surface area contributed by atoms with E-state index in [1.807, 2.05) is 68.0 Å². The van der Waals surface area contributed by atoms with Crippen molar-refractivity contribution in [3.63, 3.8) is 0 Å². The Morgan fingerprint density at radius 1 is 0.970 bits per heavy atom. The molecule has 0 amide bonds. The number of fused-ring (bicyclic) bond motifs is 1. The van der Waals surface area contributed by atoms with Gasteiger partial charge in [-0.3, -0.25) is 9.78 Å². The molecule has 0 fully saturated rings. The average Bonchev–Trinajstić information content (AvgIpc) is 3.40. The molecule has 166 valence electrons. The zero-order valence-corrected chi connectivity index (χ0v) is 18.8. The molecule has 0 saturated carbocycles. The van der Waals surface area contributed by atoms with Crippen molar-refractivity contribution in [3.8, 4) is 5.75 Å². The lowest BCUT2D eigenvalue weighted by Gasteiger charge is -2.32. The quantitative estimate of drug-likeness (QED) is 0.417. The number of rotatable bonds is 7. The van der Waals surface area contributed by atoms with Crippen molar-refractivity contribution in [2.75, 3.05) is 0 Å². The van der Waals surface area contributed by atoms with Gasteiger partial charge >= 0.3 is 0 Å². The summed E-state index contributed by atoms with van der Waals surface area (Å²) in [6.07, 6.45) is 11.2. The standard InChI is InChI=1S/C28H27N3O2/c1-28(27-30-18-19-31-27,21-6-3-2-4-7-21)33-26-13-12-23-22(8-5-9-25(23)32)24(26)11-10-20-14-16-29-17-15-20/h2-4,6-7,12-19H,5,8-11H2,1H3,(H,30,31)/t28-/m0/s1. The van der Waals surface area contributed by atoms with Crippen LogP contribution in [0.15, 0.2) is 79.4 Å². The molecule has 5 rings (SSSR count). The van der Waals surface area contributed by atoms with E-state index >= 15 is 0 Å². The maximum Gasteiger partial charge on any atom is 0.188 e. The Morgan fingerprint density at radius 3 is 2.55 bits per heavy atom. The zero-order chi connectivity index (χ0) is 22.7. The second-order valence-corrected chi connectivity index (χ2v) is 8.64.